The number of fused-ring (bicyclic) bond motifs is 1. The molecular formula is C12H14ClF2NO. The summed E-state index contributed by atoms with van der Waals surface area (Å²) in [7, 11) is 0. The maximum absolute atomic E-state index is 12.9. The van der Waals surface area contributed by atoms with Gasteiger partial charge in [0.15, 0.2) is 0 Å². The molecule has 17 heavy (non-hydrogen) atoms. The molecule has 1 saturated heterocycles. The third-order valence-corrected chi connectivity index (χ3v) is 3.55. The van der Waals surface area contributed by atoms with Gasteiger partial charge < -0.3 is 10.1 Å². The molecule has 0 aromatic heterocycles. The number of piperidine rings is 1. The summed E-state index contributed by atoms with van der Waals surface area (Å²) in [5.41, 5.74) is 0. The standard InChI is InChI=1S/C12H13F2NO.ClH/c13-7-1-8(14)3-9(2-7)16-6-12-10-4-15-5-11(10)12;/h1-3,10-12,15H,4-6H2;1H/t10-,11?,12?;/m1./s1. The highest BCUT2D eigenvalue weighted by molar-refractivity contribution is 5.85. The van der Waals surface area contributed by atoms with Gasteiger partial charge in [-0.25, -0.2) is 8.78 Å². The van der Waals surface area contributed by atoms with E-state index < -0.39 is 11.6 Å². The highest BCUT2D eigenvalue weighted by atomic mass is 35.5. The molecule has 0 amide bonds. The predicted molar refractivity (Wildman–Crippen MR) is 62.4 cm³/mol. The van der Waals surface area contributed by atoms with E-state index >= 15 is 0 Å². The van der Waals surface area contributed by atoms with Gasteiger partial charge >= 0.3 is 0 Å². The largest absolute Gasteiger partial charge is 0.493 e. The summed E-state index contributed by atoms with van der Waals surface area (Å²) < 4.78 is 31.2. The fourth-order valence-corrected chi connectivity index (χ4v) is 2.60. The number of benzene rings is 1. The van der Waals surface area contributed by atoms with E-state index in [0.29, 0.717) is 24.4 Å². The van der Waals surface area contributed by atoms with Crippen LogP contribution in [0.4, 0.5) is 8.78 Å². The van der Waals surface area contributed by atoms with Crippen molar-refractivity contribution in [3.8, 4) is 5.75 Å². The van der Waals surface area contributed by atoms with Gasteiger partial charge in [-0.05, 0) is 24.9 Å². The first-order valence-electron chi connectivity index (χ1n) is 5.53. The van der Waals surface area contributed by atoms with Gasteiger partial charge in [0.25, 0.3) is 0 Å². The van der Waals surface area contributed by atoms with Gasteiger partial charge in [0.05, 0.1) is 6.61 Å². The molecule has 1 aromatic rings. The van der Waals surface area contributed by atoms with Crippen LogP contribution < -0.4 is 10.1 Å². The Hall–Kier alpha value is -0.870. The van der Waals surface area contributed by atoms with Gasteiger partial charge in [-0.1, -0.05) is 0 Å². The Bertz CT molecular complexity index is 385. The zero-order chi connectivity index (χ0) is 11.1. The van der Waals surface area contributed by atoms with Crippen LogP contribution in [0.2, 0.25) is 0 Å². The Morgan fingerprint density at radius 1 is 1.12 bits per heavy atom. The highest BCUT2D eigenvalue weighted by Crippen LogP contribution is 2.48. The lowest BCUT2D eigenvalue weighted by atomic mass is 10.3. The number of nitrogens with one attached hydrogen (secondary N) is 1. The van der Waals surface area contributed by atoms with Crippen molar-refractivity contribution in [2.75, 3.05) is 19.7 Å². The van der Waals surface area contributed by atoms with Crippen LogP contribution in [0.5, 0.6) is 5.75 Å². The van der Waals surface area contributed by atoms with E-state index in [0.717, 1.165) is 19.2 Å². The summed E-state index contributed by atoms with van der Waals surface area (Å²) in [6.45, 7) is 2.67. The average molecular weight is 262 g/mol. The minimum absolute atomic E-state index is 0. The average Bonchev–Trinajstić information content (AvgIpc) is 2.68. The second-order valence-electron chi connectivity index (χ2n) is 4.57. The monoisotopic (exact) mass is 261 g/mol. The van der Waals surface area contributed by atoms with Crippen molar-refractivity contribution in [1.29, 1.82) is 0 Å². The Morgan fingerprint density at radius 3 is 2.29 bits per heavy atom. The van der Waals surface area contributed by atoms with E-state index in [2.05, 4.69) is 5.32 Å². The molecule has 1 heterocycles. The molecule has 2 fully saturated rings. The molecule has 1 saturated carbocycles. The van der Waals surface area contributed by atoms with E-state index in [1.807, 2.05) is 0 Å². The Labute approximate surface area is 105 Å². The zero-order valence-electron chi connectivity index (χ0n) is 9.16. The van der Waals surface area contributed by atoms with Crippen LogP contribution in [-0.2, 0) is 0 Å². The van der Waals surface area contributed by atoms with Gasteiger partial charge in [0, 0.05) is 24.1 Å². The molecule has 5 heteroatoms. The molecule has 0 spiro atoms. The lowest BCUT2D eigenvalue weighted by Gasteiger charge is -2.08. The molecule has 3 atom stereocenters. The lowest BCUT2D eigenvalue weighted by Crippen LogP contribution is -2.17. The van der Waals surface area contributed by atoms with E-state index in [4.69, 9.17) is 4.74 Å². The second-order valence-corrected chi connectivity index (χ2v) is 4.57. The summed E-state index contributed by atoms with van der Waals surface area (Å²) in [5.74, 6) is 1.08. The van der Waals surface area contributed by atoms with Crippen molar-refractivity contribution in [3.05, 3.63) is 29.8 Å². The molecule has 94 valence electrons. The molecule has 2 nitrogen and oxygen atoms in total. The van der Waals surface area contributed by atoms with Crippen molar-refractivity contribution >= 4 is 12.4 Å². The van der Waals surface area contributed by atoms with E-state index in [1.165, 1.54) is 12.1 Å². The van der Waals surface area contributed by atoms with Crippen molar-refractivity contribution in [1.82, 2.24) is 5.32 Å². The number of hydrogen-bond acceptors (Lipinski definition) is 2. The molecule has 0 bridgehead atoms. The normalized spacial score (nSPS) is 29.4. The lowest BCUT2D eigenvalue weighted by molar-refractivity contribution is 0.278. The number of halogens is 3. The molecule has 1 aromatic carbocycles. The van der Waals surface area contributed by atoms with Crippen molar-refractivity contribution < 1.29 is 13.5 Å². The van der Waals surface area contributed by atoms with Gasteiger partial charge in [-0.3, -0.25) is 0 Å². The Balaban J connectivity index is 0.00000108. The smallest absolute Gasteiger partial charge is 0.129 e. The van der Waals surface area contributed by atoms with Crippen LogP contribution in [0.25, 0.3) is 0 Å². The molecule has 1 aliphatic heterocycles. The van der Waals surface area contributed by atoms with E-state index in [1.54, 1.807) is 0 Å². The molecule has 3 rings (SSSR count). The number of rotatable bonds is 3. The Kier molecular flexibility index (Phi) is 3.54. The van der Waals surface area contributed by atoms with Crippen LogP contribution in [0.15, 0.2) is 18.2 Å². The molecule has 2 unspecified atom stereocenters. The topological polar surface area (TPSA) is 21.3 Å². The van der Waals surface area contributed by atoms with Crippen LogP contribution in [0, 0.1) is 29.4 Å². The van der Waals surface area contributed by atoms with Gasteiger partial charge in [0.1, 0.15) is 17.4 Å². The van der Waals surface area contributed by atoms with Gasteiger partial charge in [0.2, 0.25) is 0 Å². The third-order valence-electron chi connectivity index (χ3n) is 3.55. The third kappa shape index (κ3) is 2.53. The van der Waals surface area contributed by atoms with Crippen molar-refractivity contribution in [2.24, 2.45) is 17.8 Å². The maximum atomic E-state index is 12.9. The molecule has 0 radical (unpaired) electrons. The number of ether oxygens (including phenoxy) is 1. The maximum Gasteiger partial charge on any atom is 0.129 e. The van der Waals surface area contributed by atoms with Gasteiger partial charge in [-0.2, -0.15) is 0 Å². The Morgan fingerprint density at radius 2 is 1.71 bits per heavy atom. The summed E-state index contributed by atoms with van der Waals surface area (Å²) in [6.07, 6.45) is 0. The van der Waals surface area contributed by atoms with Crippen LogP contribution in [0.1, 0.15) is 0 Å². The molecular weight excluding hydrogens is 248 g/mol. The van der Waals surface area contributed by atoms with Crippen molar-refractivity contribution in [3.63, 3.8) is 0 Å². The van der Waals surface area contributed by atoms with Crippen molar-refractivity contribution in [2.45, 2.75) is 0 Å². The fourth-order valence-electron chi connectivity index (χ4n) is 2.60. The summed E-state index contributed by atoms with van der Waals surface area (Å²) >= 11 is 0. The summed E-state index contributed by atoms with van der Waals surface area (Å²) in [6, 6.07) is 3.29. The highest BCUT2D eigenvalue weighted by Gasteiger charge is 2.52. The quantitative estimate of drug-likeness (QED) is 0.901. The second kappa shape index (κ2) is 4.78. The molecule has 1 aliphatic carbocycles. The molecule has 1 N–H and O–H groups in total. The van der Waals surface area contributed by atoms with Crippen LogP contribution in [0.3, 0.4) is 0 Å². The minimum atomic E-state index is -0.590. The van der Waals surface area contributed by atoms with Crippen LogP contribution >= 0.6 is 12.4 Å². The van der Waals surface area contributed by atoms with Gasteiger partial charge in [-0.15, -0.1) is 12.4 Å². The van der Waals surface area contributed by atoms with E-state index in [-0.39, 0.29) is 18.2 Å². The zero-order valence-corrected chi connectivity index (χ0v) is 9.97. The summed E-state index contributed by atoms with van der Waals surface area (Å²) in [4.78, 5) is 0. The minimum Gasteiger partial charge on any atom is -0.493 e. The first-order chi connectivity index (χ1) is 7.74. The number of hydrogen-bond donors (Lipinski definition) is 1. The van der Waals surface area contributed by atoms with Crippen LogP contribution in [-0.4, -0.2) is 19.7 Å². The molecule has 2 aliphatic rings. The van der Waals surface area contributed by atoms with E-state index in [9.17, 15) is 8.78 Å². The SMILES string of the molecule is Cl.Fc1cc(F)cc(OCC2C3CNC[C@H]32)c1. The first-order valence-corrected chi connectivity index (χ1v) is 5.53. The fraction of sp³-hybridized carbons (Fsp3) is 0.500. The first kappa shape index (κ1) is 12.6. The summed E-state index contributed by atoms with van der Waals surface area (Å²) in [5, 5.41) is 3.29. The predicted octanol–water partition coefficient (Wildman–Crippen LogP) is 2.23.